The third-order valence-corrected chi connectivity index (χ3v) is 4.22. The van der Waals surface area contributed by atoms with Gasteiger partial charge in [-0.3, -0.25) is 4.79 Å². The molecule has 1 saturated heterocycles. The molecule has 1 heterocycles. The number of nitrogens with zero attached hydrogens (tertiary/aromatic N) is 1. The van der Waals surface area contributed by atoms with Gasteiger partial charge in [0.2, 0.25) is 5.91 Å². The van der Waals surface area contributed by atoms with Gasteiger partial charge in [-0.15, -0.1) is 11.6 Å². The molecule has 0 saturated carbocycles. The van der Waals surface area contributed by atoms with E-state index in [0.717, 1.165) is 42.8 Å². The lowest BCUT2D eigenvalue weighted by atomic mass is 10.0. The number of likely N-dealkylation sites (tertiary alicyclic amines) is 1. The molecule has 1 fully saturated rings. The Labute approximate surface area is 124 Å². The van der Waals surface area contributed by atoms with Crippen molar-refractivity contribution >= 4 is 29.1 Å². The Hall–Kier alpha value is -0.730. The Kier molecular flexibility index (Phi) is 5.53. The van der Waals surface area contributed by atoms with E-state index in [1.807, 2.05) is 29.2 Å². The number of hydrogen-bond donors (Lipinski definition) is 0. The van der Waals surface area contributed by atoms with Crippen LogP contribution >= 0.6 is 23.2 Å². The first-order valence-electron chi connectivity index (χ1n) is 6.84. The van der Waals surface area contributed by atoms with Crippen LogP contribution in [0.15, 0.2) is 24.3 Å². The summed E-state index contributed by atoms with van der Waals surface area (Å²) in [6, 6.07) is 7.98. The van der Waals surface area contributed by atoms with Gasteiger partial charge in [-0.05, 0) is 37.3 Å². The average Bonchev–Trinajstić information content (AvgIpc) is 2.88. The number of benzene rings is 1. The average molecular weight is 300 g/mol. The Morgan fingerprint density at radius 1 is 1.32 bits per heavy atom. The number of hydrogen-bond acceptors (Lipinski definition) is 1. The molecule has 4 heteroatoms. The first kappa shape index (κ1) is 14.7. The highest BCUT2D eigenvalue weighted by molar-refractivity contribution is 6.31. The van der Waals surface area contributed by atoms with Gasteiger partial charge in [0.1, 0.15) is 0 Å². The molecule has 0 spiro atoms. The quantitative estimate of drug-likeness (QED) is 0.582. The van der Waals surface area contributed by atoms with Crippen molar-refractivity contribution in [1.29, 1.82) is 0 Å². The van der Waals surface area contributed by atoms with Gasteiger partial charge in [0.05, 0.1) is 6.04 Å². The van der Waals surface area contributed by atoms with E-state index in [4.69, 9.17) is 23.2 Å². The molecule has 0 N–H and O–H groups in total. The number of alkyl halides is 1. The molecule has 0 radical (unpaired) electrons. The second kappa shape index (κ2) is 7.16. The number of halogens is 2. The maximum absolute atomic E-state index is 12.3. The largest absolute Gasteiger partial charge is 0.336 e. The maximum Gasteiger partial charge on any atom is 0.223 e. The summed E-state index contributed by atoms with van der Waals surface area (Å²) in [5.74, 6) is 0.855. The fourth-order valence-corrected chi connectivity index (χ4v) is 3.10. The molecule has 1 aliphatic rings. The van der Waals surface area contributed by atoms with Crippen LogP contribution in [0, 0.1) is 0 Å². The maximum atomic E-state index is 12.3. The molecule has 104 valence electrons. The predicted molar refractivity (Wildman–Crippen MR) is 79.7 cm³/mol. The van der Waals surface area contributed by atoms with Crippen molar-refractivity contribution in [1.82, 2.24) is 4.90 Å². The van der Waals surface area contributed by atoms with Crippen molar-refractivity contribution in [2.45, 2.75) is 38.1 Å². The molecule has 1 unspecified atom stereocenters. The van der Waals surface area contributed by atoms with Crippen LogP contribution in [0.1, 0.15) is 43.7 Å². The van der Waals surface area contributed by atoms with E-state index < -0.39 is 0 Å². The molecule has 1 amide bonds. The zero-order chi connectivity index (χ0) is 13.7. The van der Waals surface area contributed by atoms with Crippen LogP contribution in [0.4, 0.5) is 0 Å². The summed E-state index contributed by atoms with van der Waals surface area (Å²) < 4.78 is 0. The highest BCUT2D eigenvalue weighted by Crippen LogP contribution is 2.36. The fraction of sp³-hybridized carbons (Fsp3) is 0.533. The van der Waals surface area contributed by atoms with Crippen LogP contribution in [0.3, 0.4) is 0 Å². The highest BCUT2D eigenvalue weighted by Gasteiger charge is 2.30. The van der Waals surface area contributed by atoms with Crippen LogP contribution < -0.4 is 0 Å². The van der Waals surface area contributed by atoms with E-state index in [1.54, 1.807) is 0 Å². The molecule has 2 rings (SSSR count). The van der Waals surface area contributed by atoms with Crippen molar-refractivity contribution in [2.24, 2.45) is 0 Å². The first-order valence-corrected chi connectivity index (χ1v) is 7.75. The molecular weight excluding hydrogens is 281 g/mol. The summed E-state index contributed by atoms with van der Waals surface area (Å²) in [5, 5.41) is 0.757. The van der Waals surface area contributed by atoms with Gasteiger partial charge in [0.15, 0.2) is 0 Å². The fourth-order valence-electron chi connectivity index (χ4n) is 2.65. The first-order chi connectivity index (χ1) is 9.24. The lowest BCUT2D eigenvalue weighted by Crippen LogP contribution is -2.30. The van der Waals surface area contributed by atoms with Crippen LogP contribution in [-0.2, 0) is 4.79 Å². The number of carbonyl (C=O) groups excluding carboxylic acids is 1. The zero-order valence-corrected chi connectivity index (χ0v) is 12.5. The van der Waals surface area contributed by atoms with Gasteiger partial charge in [-0.25, -0.2) is 0 Å². The van der Waals surface area contributed by atoms with E-state index in [9.17, 15) is 4.79 Å². The summed E-state index contributed by atoms with van der Waals surface area (Å²) >= 11 is 11.9. The summed E-state index contributed by atoms with van der Waals surface area (Å²) in [7, 11) is 0. The number of unbranched alkanes of at least 4 members (excludes halogenated alkanes) is 1. The number of amides is 1. The predicted octanol–water partition coefficient (Wildman–Crippen LogP) is 4.41. The molecule has 1 aliphatic heterocycles. The Morgan fingerprint density at radius 2 is 2.11 bits per heavy atom. The van der Waals surface area contributed by atoms with E-state index in [0.29, 0.717) is 12.3 Å². The van der Waals surface area contributed by atoms with E-state index in [-0.39, 0.29) is 11.9 Å². The number of rotatable bonds is 5. The van der Waals surface area contributed by atoms with Crippen LogP contribution in [-0.4, -0.2) is 23.2 Å². The van der Waals surface area contributed by atoms with E-state index in [2.05, 4.69) is 0 Å². The Morgan fingerprint density at radius 3 is 2.84 bits per heavy atom. The van der Waals surface area contributed by atoms with Crippen molar-refractivity contribution in [3.63, 3.8) is 0 Å². The Balaban J connectivity index is 2.05. The van der Waals surface area contributed by atoms with Crippen LogP contribution in [0.2, 0.25) is 5.02 Å². The van der Waals surface area contributed by atoms with E-state index >= 15 is 0 Å². The summed E-state index contributed by atoms with van der Waals surface area (Å²) in [4.78, 5) is 14.2. The molecule has 1 aromatic rings. The van der Waals surface area contributed by atoms with Gasteiger partial charge in [-0.2, -0.15) is 0 Å². The normalized spacial score (nSPS) is 18.8. The van der Waals surface area contributed by atoms with Crippen LogP contribution in [0.5, 0.6) is 0 Å². The second-order valence-electron chi connectivity index (χ2n) is 4.91. The summed E-state index contributed by atoms with van der Waals surface area (Å²) in [6.45, 7) is 0.843. The SMILES string of the molecule is O=C(CCCCCl)N1CCCC1c1ccccc1Cl. The highest BCUT2D eigenvalue weighted by atomic mass is 35.5. The molecular formula is C15H19Cl2NO. The topological polar surface area (TPSA) is 20.3 Å². The molecule has 0 aromatic heterocycles. The minimum atomic E-state index is 0.150. The molecule has 19 heavy (non-hydrogen) atoms. The zero-order valence-electron chi connectivity index (χ0n) is 10.9. The van der Waals surface area contributed by atoms with Gasteiger partial charge in [0, 0.05) is 23.9 Å². The van der Waals surface area contributed by atoms with Crippen molar-refractivity contribution in [3.05, 3.63) is 34.9 Å². The summed E-state index contributed by atoms with van der Waals surface area (Å²) in [6.07, 6.45) is 4.42. The van der Waals surface area contributed by atoms with Gasteiger partial charge in [0.25, 0.3) is 0 Å². The standard InChI is InChI=1S/C15H19Cl2NO/c16-10-4-3-9-15(19)18-11-5-8-14(18)12-6-1-2-7-13(12)17/h1-2,6-7,14H,3-5,8-11H2. The van der Waals surface area contributed by atoms with Crippen molar-refractivity contribution < 1.29 is 4.79 Å². The van der Waals surface area contributed by atoms with Gasteiger partial charge >= 0.3 is 0 Å². The second-order valence-corrected chi connectivity index (χ2v) is 5.70. The third-order valence-electron chi connectivity index (χ3n) is 3.61. The lowest BCUT2D eigenvalue weighted by molar-refractivity contribution is -0.132. The third kappa shape index (κ3) is 3.64. The van der Waals surface area contributed by atoms with Gasteiger partial charge in [-0.1, -0.05) is 29.8 Å². The lowest BCUT2D eigenvalue weighted by Gasteiger charge is -2.26. The minimum Gasteiger partial charge on any atom is -0.336 e. The Bertz CT molecular complexity index is 436. The monoisotopic (exact) mass is 299 g/mol. The van der Waals surface area contributed by atoms with Crippen LogP contribution in [0.25, 0.3) is 0 Å². The van der Waals surface area contributed by atoms with E-state index in [1.165, 1.54) is 0 Å². The van der Waals surface area contributed by atoms with Gasteiger partial charge < -0.3 is 4.90 Å². The molecule has 0 aliphatic carbocycles. The number of carbonyl (C=O) groups is 1. The molecule has 1 aromatic carbocycles. The van der Waals surface area contributed by atoms with Crippen molar-refractivity contribution in [2.75, 3.05) is 12.4 Å². The summed E-state index contributed by atoms with van der Waals surface area (Å²) in [5.41, 5.74) is 1.08. The minimum absolute atomic E-state index is 0.150. The smallest absolute Gasteiger partial charge is 0.223 e. The molecule has 1 atom stereocenters. The molecule has 2 nitrogen and oxygen atoms in total. The molecule has 0 bridgehead atoms. The van der Waals surface area contributed by atoms with Crippen molar-refractivity contribution in [3.8, 4) is 0 Å².